The molecule has 28 heavy (non-hydrogen) atoms. The third-order valence-corrected chi connectivity index (χ3v) is 5.13. The molecule has 2 heterocycles. The van der Waals surface area contributed by atoms with Crippen molar-refractivity contribution >= 4 is 5.69 Å². The lowest BCUT2D eigenvalue weighted by molar-refractivity contribution is -0.137. The summed E-state index contributed by atoms with van der Waals surface area (Å²) in [4.78, 5) is 1.94. The van der Waals surface area contributed by atoms with Gasteiger partial charge in [-0.3, -0.25) is 4.68 Å². The maximum atomic E-state index is 13.1. The van der Waals surface area contributed by atoms with E-state index in [9.17, 15) is 13.2 Å². The standard InChI is InChI=1S/C20H21F3N4O/c1-13-18(10-24-26(13)2)19-9-17(28-25-19)12-27(11-14-6-7-14)16-5-3-4-15(8-16)20(21,22)23/h3-5,8-10,14H,6-7,11-12H2,1-2H3. The zero-order valence-electron chi connectivity index (χ0n) is 15.7. The summed E-state index contributed by atoms with van der Waals surface area (Å²) in [5, 5.41) is 8.33. The Bertz CT molecular complexity index is 972. The minimum Gasteiger partial charge on any atom is -0.364 e. The Kier molecular flexibility index (Phi) is 4.64. The molecule has 0 atom stereocenters. The topological polar surface area (TPSA) is 47.1 Å². The summed E-state index contributed by atoms with van der Waals surface area (Å²) in [6.07, 6.45) is -0.428. The van der Waals surface area contributed by atoms with Crippen LogP contribution in [0.25, 0.3) is 11.3 Å². The second kappa shape index (κ2) is 7.00. The first-order valence-corrected chi connectivity index (χ1v) is 9.18. The van der Waals surface area contributed by atoms with E-state index in [2.05, 4.69) is 10.3 Å². The summed E-state index contributed by atoms with van der Waals surface area (Å²) in [6, 6.07) is 7.28. The van der Waals surface area contributed by atoms with Gasteiger partial charge in [0.1, 0.15) is 5.69 Å². The molecule has 2 aromatic heterocycles. The number of halogens is 3. The minimum absolute atomic E-state index is 0.365. The molecule has 0 unspecified atom stereocenters. The van der Waals surface area contributed by atoms with E-state index in [1.807, 2.05) is 24.9 Å². The van der Waals surface area contributed by atoms with Gasteiger partial charge in [0, 0.05) is 36.6 Å². The number of rotatable bonds is 6. The van der Waals surface area contributed by atoms with Gasteiger partial charge in [-0.15, -0.1) is 0 Å². The summed E-state index contributed by atoms with van der Waals surface area (Å²) in [5.41, 5.74) is 2.42. The highest BCUT2D eigenvalue weighted by atomic mass is 19.4. The van der Waals surface area contributed by atoms with Crippen molar-refractivity contribution in [3.63, 3.8) is 0 Å². The van der Waals surface area contributed by atoms with Gasteiger partial charge in [0.15, 0.2) is 5.76 Å². The monoisotopic (exact) mass is 390 g/mol. The molecule has 1 aromatic carbocycles. The largest absolute Gasteiger partial charge is 0.416 e. The van der Waals surface area contributed by atoms with E-state index in [1.54, 1.807) is 16.9 Å². The Labute approximate surface area is 160 Å². The third-order valence-electron chi connectivity index (χ3n) is 5.13. The molecular formula is C20H21F3N4O. The number of benzene rings is 1. The molecule has 1 saturated carbocycles. The molecule has 0 amide bonds. The Morgan fingerprint density at radius 3 is 2.68 bits per heavy atom. The SMILES string of the molecule is Cc1c(-c2cc(CN(CC3CC3)c3cccc(C(F)(F)F)c3)on2)cnn1C. The predicted molar refractivity (Wildman–Crippen MR) is 98.7 cm³/mol. The van der Waals surface area contributed by atoms with Gasteiger partial charge in [-0.2, -0.15) is 18.3 Å². The lowest BCUT2D eigenvalue weighted by Crippen LogP contribution is -2.25. The van der Waals surface area contributed by atoms with Crippen molar-refractivity contribution < 1.29 is 17.7 Å². The quantitative estimate of drug-likeness (QED) is 0.606. The summed E-state index contributed by atoms with van der Waals surface area (Å²) in [7, 11) is 1.85. The molecule has 1 aliphatic carbocycles. The van der Waals surface area contributed by atoms with E-state index >= 15 is 0 Å². The zero-order chi connectivity index (χ0) is 19.9. The summed E-state index contributed by atoms with van der Waals surface area (Å²) in [5.74, 6) is 1.12. The lowest BCUT2D eigenvalue weighted by atomic mass is 10.1. The van der Waals surface area contributed by atoms with Crippen molar-refractivity contribution in [3.05, 3.63) is 53.5 Å². The number of aromatic nitrogens is 3. The van der Waals surface area contributed by atoms with Gasteiger partial charge >= 0.3 is 6.18 Å². The second-order valence-electron chi connectivity index (χ2n) is 7.32. The molecule has 148 valence electrons. The normalized spacial score (nSPS) is 14.5. The average molecular weight is 390 g/mol. The Morgan fingerprint density at radius 2 is 2.04 bits per heavy atom. The Balaban J connectivity index is 1.59. The number of hydrogen-bond acceptors (Lipinski definition) is 4. The van der Waals surface area contributed by atoms with E-state index in [0.717, 1.165) is 30.2 Å². The van der Waals surface area contributed by atoms with Crippen LogP contribution in [0.1, 0.15) is 29.9 Å². The van der Waals surface area contributed by atoms with Crippen LogP contribution >= 0.6 is 0 Å². The highest BCUT2D eigenvalue weighted by Crippen LogP contribution is 2.35. The van der Waals surface area contributed by atoms with E-state index in [-0.39, 0.29) is 0 Å². The van der Waals surface area contributed by atoms with Gasteiger partial charge in [-0.05, 0) is 43.9 Å². The number of nitrogens with zero attached hydrogens (tertiary/aromatic N) is 4. The van der Waals surface area contributed by atoms with Crippen LogP contribution in [0, 0.1) is 12.8 Å². The van der Waals surface area contributed by atoms with Crippen molar-refractivity contribution in [2.45, 2.75) is 32.5 Å². The first-order chi connectivity index (χ1) is 13.3. The van der Waals surface area contributed by atoms with E-state index in [1.165, 1.54) is 12.1 Å². The molecule has 0 spiro atoms. The minimum atomic E-state index is -4.36. The third kappa shape index (κ3) is 3.90. The van der Waals surface area contributed by atoms with E-state index in [0.29, 0.717) is 36.1 Å². The molecular weight excluding hydrogens is 369 g/mol. The molecule has 0 saturated heterocycles. The first-order valence-electron chi connectivity index (χ1n) is 9.18. The average Bonchev–Trinajstić information content (AvgIpc) is 3.26. The molecule has 0 aliphatic heterocycles. The highest BCUT2D eigenvalue weighted by Gasteiger charge is 2.32. The molecule has 0 radical (unpaired) electrons. The van der Waals surface area contributed by atoms with E-state index < -0.39 is 11.7 Å². The van der Waals surface area contributed by atoms with Crippen molar-refractivity contribution in [1.82, 2.24) is 14.9 Å². The van der Waals surface area contributed by atoms with Gasteiger partial charge in [-0.25, -0.2) is 0 Å². The molecule has 5 nitrogen and oxygen atoms in total. The summed E-state index contributed by atoms with van der Waals surface area (Å²) in [6.45, 7) is 3.01. The van der Waals surface area contributed by atoms with Crippen molar-refractivity contribution in [2.75, 3.05) is 11.4 Å². The highest BCUT2D eigenvalue weighted by molar-refractivity contribution is 5.61. The van der Waals surface area contributed by atoms with Crippen LogP contribution in [-0.2, 0) is 19.8 Å². The van der Waals surface area contributed by atoms with Crippen LogP contribution < -0.4 is 4.90 Å². The van der Waals surface area contributed by atoms with Crippen LogP contribution in [0.2, 0.25) is 0 Å². The molecule has 1 fully saturated rings. The summed E-state index contributed by atoms with van der Waals surface area (Å²) >= 11 is 0. The second-order valence-corrected chi connectivity index (χ2v) is 7.32. The first kappa shape index (κ1) is 18.6. The van der Waals surface area contributed by atoms with Crippen LogP contribution in [0.3, 0.4) is 0 Å². The van der Waals surface area contributed by atoms with Crippen LogP contribution in [0.5, 0.6) is 0 Å². The maximum Gasteiger partial charge on any atom is 0.416 e. The number of hydrogen-bond donors (Lipinski definition) is 0. The van der Waals surface area contributed by atoms with Gasteiger partial charge < -0.3 is 9.42 Å². The molecule has 3 aromatic rings. The van der Waals surface area contributed by atoms with Crippen LogP contribution in [0.4, 0.5) is 18.9 Å². The molecule has 8 heteroatoms. The lowest BCUT2D eigenvalue weighted by Gasteiger charge is -2.24. The smallest absolute Gasteiger partial charge is 0.364 e. The molecule has 4 rings (SSSR count). The van der Waals surface area contributed by atoms with Gasteiger partial charge in [-0.1, -0.05) is 11.2 Å². The van der Waals surface area contributed by atoms with Gasteiger partial charge in [0.2, 0.25) is 0 Å². The van der Waals surface area contributed by atoms with Gasteiger partial charge in [0.25, 0.3) is 0 Å². The van der Waals surface area contributed by atoms with Crippen molar-refractivity contribution in [2.24, 2.45) is 13.0 Å². The number of anilines is 1. The van der Waals surface area contributed by atoms with E-state index in [4.69, 9.17) is 4.52 Å². The maximum absolute atomic E-state index is 13.1. The van der Waals surface area contributed by atoms with Crippen molar-refractivity contribution in [3.8, 4) is 11.3 Å². The molecule has 0 N–H and O–H groups in total. The van der Waals surface area contributed by atoms with Crippen LogP contribution in [0.15, 0.2) is 41.1 Å². The predicted octanol–water partition coefficient (Wildman–Crippen LogP) is 4.82. The van der Waals surface area contributed by atoms with Gasteiger partial charge in [0.05, 0.1) is 18.3 Å². The van der Waals surface area contributed by atoms with Crippen molar-refractivity contribution in [1.29, 1.82) is 0 Å². The number of aryl methyl sites for hydroxylation is 1. The molecule has 1 aliphatic rings. The Hall–Kier alpha value is -2.77. The fourth-order valence-electron chi connectivity index (χ4n) is 3.20. The summed E-state index contributed by atoms with van der Waals surface area (Å²) < 4.78 is 46.6. The fraction of sp³-hybridized carbons (Fsp3) is 0.400. The number of alkyl halides is 3. The zero-order valence-corrected chi connectivity index (χ0v) is 15.7. The van der Waals surface area contributed by atoms with Crippen LogP contribution in [-0.4, -0.2) is 21.5 Å². The molecule has 0 bridgehead atoms. The Morgan fingerprint density at radius 1 is 1.25 bits per heavy atom. The fourth-order valence-corrected chi connectivity index (χ4v) is 3.20.